The van der Waals surface area contributed by atoms with Crippen LogP contribution in [-0.2, 0) is 4.79 Å². The lowest BCUT2D eigenvalue weighted by Crippen LogP contribution is -2.12. The van der Waals surface area contributed by atoms with Crippen molar-refractivity contribution in [2.45, 2.75) is 26.2 Å². The summed E-state index contributed by atoms with van der Waals surface area (Å²) < 4.78 is 13.7. The maximum atomic E-state index is 13.7. The van der Waals surface area contributed by atoms with Crippen molar-refractivity contribution < 1.29 is 14.3 Å². The van der Waals surface area contributed by atoms with Gasteiger partial charge < -0.3 is 5.11 Å². The average molecular weight is 231 g/mol. The number of rotatable bonds is 3. The molecule has 15 heavy (non-hydrogen) atoms. The Morgan fingerprint density at radius 2 is 2.20 bits per heavy atom. The Morgan fingerprint density at radius 3 is 2.67 bits per heavy atom. The number of aliphatic carboxylic acids is 1. The van der Waals surface area contributed by atoms with Gasteiger partial charge in [0.2, 0.25) is 0 Å². The summed E-state index contributed by atoms with van der Waals surface area (Å²) in [6.07, 6.45) is 0.354. The van der Waals surface area contributed by atoms with Gasteiger partial charge in [-0.25, -0.2) is 4.39 Å². The Kier molecular flexibility index (Phi) is 3.69. The van der Waals surface area contributed by atoms with Crippen molar-refractivity contribution in [3.8, 4) is 0 Å². The maximum absolute atomic E-state index is 13.7. The summed E-state index contributed by atoms with van der Waals surface area (Å²) in [6.45, 7) is 3.25. The van der Waals surface area contributed by atoms with E-state index in [9.17, 15) is 9.18 Å². The topological polar surface area (TPSA) is 37.3 Å². The van der Waals surface area contributed by atoms with E-state index in [-0.39, 0.29) is 5.56 Å². The molecule has 0 radical (unpaired) electrons. The Labute approximate surface area is 92.7 Å². The molecule has 0 bridgehead atoms. The molecule has 82 valence electrons. The SMILES string of the molecule is CCC(C(=O)O)c1ccc(Cl)c(C)c1F. The molecule has 0 heterocycles. The first-order valence-electron chi connectivity index (χ1n) is 4.66. The van der Waals surface area contributed by atoms with Crippen LogP contribution in [0.25, 0.3) is 0 Å². The molecule has 1 aromatic carbocycles. The minimum atomic E-state index is -1.02. The highest BCUT2D eigenvalue weighted by molar-refractivity contribution is 6.31. The highest BCUT2D eigenvalue weighted by atomic mass is 35.5. The molecule has 0 saturated carbocycles. The number of carbonyl (C=O) groups is 1. The van der Waals surface area contributed by atoms with Crippen LogP contribution in [0.15, 0.2) is 12.1 Å². The number of hydrogen-bond acceptors (Lipinski definition) is 1. The maximum Gasteiger partial charge on any atom is 0.311 e. The summed E-state index contributed by atoms with van der Waals surface area (Å²) in [5, 5.41) is 9.23. The summed E-state index contributed by atoms with van der Waals surface area (Å²) in [5.74, 6) is -2.34. The molecular weight excluding hydrogens is 219 g/mol. The first kappa shape index (κ1) is 12.0. The lowest BCUT2D eigenvalue weighted by Gasteiger charge is -2.13. The third-order valence-corrected chi connectivity index (χ3v) is 2.84. The van der Waals surface area contributed by atoms with E-state index in [1.54, 1.807) is 6.92 Å². The largest absolute Gasteiger partial charge is 0.481 e. The first-order chi connectivity index (χ1) is 6.99. The van der Waals surface area contributed by atoms with E-state index in [4.69, 9.17) is 16.7 Å². The summed E-state index contributed by atoms with van der Waals surface area (Å²) in [7, 11) is 0. The van der Waals surface area contributed by atoms with Gasteiger partial charge in [-0.1, -0.05) is 24.6 Å². The van der Waals surface area contributed by atoms with Gasteiger partial charge in [0.15, 0.2) is 0 Å². The predicted octanol–water partition coefficient (Wildman–Crippen LogP) is 3.37. The highest BCUT2D eigenvalue weighted by Gasteiger charge is 2.22. The molecule has 1 aromatic rings. The summed E-state index contributed by atoms with van der Waals surface area (Å²) in [5.41, 5.74) is 0.501. The van der Waals surface area contributed by atoms with Crippen LogP contribution in [0.4, 0.5) is 4.39 Å². The quantitative estimate of drug-likeness (QED) is 0.865. The van der Waals surface area contributed by atoms with E-state index >= 15 is 0 Å². The zero-order valence-electron chi connectivity index (χ0n) is 8.55. The lowest BCUT2D eigenvalue weighted by atomic mass is 9.94. The first-order valence-corrected chi connectivity index (χ1v) is 5.04. The Bertz CT molecular complexity index is 390. The monoisotopic (exact) mass is 230 g/mol. The smallest absolute Gasteiger partial charge is 0.311 e. The highest BCUT2D eigenvalue weighted by Crippen LogP contribution is 2.28. The van der Waals surface area contributed by atoms with E-state index < -0.39 is 17.7 Å². The summed E-state index contributed by atoms with van der Waals surface area (Å²) >= 11 is 5.73. The second-order valence-corrected chi connectivity index (χ2v) is 3.78. The zero-order chi connectivity index (χ0) is 11.6. The molecule has 4 heteroatoms. The van der Waals surface area contributed by atoms with Gasteiger partial charge in [0, 0.05) is 16.1 Å². The predicted molar refractivity (Wildman–Crippen MR) is 56.8 cm³/mol. The van der Waals surface area contributed by atoms with Crippen molar-refractivity contribution in [1.82, 2.24) is 0 Å². The van der Waals surface area contributed by atoms with Crippen LogP contribution in [0.1, 0.15) is 30.4 Å². The molecule has 0 aromatic heterocycles. The number of halogens is 2. The second-order valence-electron chi connectivity index (χ2n) is 3.37. The van der Waals surface area contributed by atoms with Gasteiger partial charge in [0.25, 0.3) is 0 Å². The van der Waals surface area contributed by atoms with Crippen molar-refractivity contribution >= 4 is 17.6 Å². The molecule has 1 atom stereocenters. The normalized spacial score (nSPS) is 12.5. The van der Waals surface area contributed by atoms with Gasteiger partial charge in [-0.2, -0.15) is 0 Å². The van der Waals surface area contributed by atoms with Crippen LogP contribution in [0.5, 0.6) is 0 Å². The van der Waals surface area contributed by atoms with Crippen LogP contribution in [-0.4, -0.2) is 11.1 Å². The van der Waals surface area contributed by atoms with Crippen molar-refractivity contribution in [3.05, 3.63) is 34.1 Å². The molecule has 1 rings (SSSR count). The Hall–Kier alpha value is -1.09. The van der Waals surface area contributed by atoms with Gasteiger partial charge in [-0.15, -0.1) is 0 Å². The standard InChI is InChI=1S/C11H12ClFO2/c1-3-7(11(14)15)8-4-5-9(12)6(2)10(8)13/h4-5,7H,3H2,1-2H3,(H,14,15). The van der Waals surface area contributed by atoms with E-state index in [2.05, 4.69) is 0 Å². The molecule has 0 fully saturated rings. The number of benzene rings is 1. The van der Waals surface area contributed by atoms with Gasteiger partial charge in [-0.3, -0.25) is 4.79 Å². The lowest BCUT2D eigenvalue weighted by molar-refractivity contribution is -0.138. The third-order valence-electron chi connectivity index (χ3n) is 2.43. The molecule has 0 amide bonds. The minimum absolute atomic E-state index is 0.201. The van der Waals surface area contributed by atoms with E-state index in [0.29, 0.717) is 17.0 Å². The van der Waals surface area contributed by atoms with Gasteiger partial charge in [0.1, 0.15) is 5.82 Å². The fourth-order valence-corrected chi connectivity index (χ4v) is 1.63. The minimum Gasteiger partial charge on any atom is -0.481 e. The van der Waals surface area contributed by atoms with Crippen molar-refractivity contribution in [3.63, 3.8) is 0 Å². The second kappa shape index (κ2) is 4.62. The van der Waals surface area contributed by atoms with Gasteiger partial charge in [-0.05, 0) is 19.4 Å². The molecule has 2 nitrogen and oxygen atoms in total. The number of hydrogen-bond donors (Lipinski definition) is 1. The van der Waals surface area contributed by atoms with Crippen molar-refractivity contribution in [2.24, 2.45) is 0 Å². The van der Waals surface area contributed by atoms with Crippen LogP contribution in [0.3, 0.4) is 0 Å². The van der Waals surface area contributed by atoms with Gasteiger partial charge >= 0.3 is 5.97 Å². The summed E-state index contributed by atoms with van der Waals surface area (Å²) in [4.78, 5) is 10.9. The molecule has 0 saturated heterocycles. The zero-order valence-corrected chi connectivity index (χ0v) is 9.31. The van der Waals surface area contributed by atoms with E-state index in [1.807, 2.05) is 0 Å². The van der Waals surface area contributed by atoms with E-state index in [1.165, 1.54) is 19.1 Å². The van der Waals surface area contributed by atoms with Gasteiger partial charge in [0.05, 0.1) is 5.92 Å². The van der Waals surface area contributed by atoms with E-state index in [0.717, 1.165) is 0 Å². The fourth-order valence-electron chi connectivity index (χ4n) is 1.48. The molecule has 0 spiro atoms. The molecule has 0 aliphatic heterocycles. The molecule has 0 aliphatic rings. The Balaban J connectivity index is 3.25. The van der Waals surface area contributed by atoms with Crippen LogP contribution >= 0.6 is 11.6 Å². The third kappa shape index (κ3) is 2.29. The molecule has 1 unspecified atom stereocenters. The average Bonchev–Trinajstić information content (AvgIpc) is 2.18. The van der Waals surface area contributed by atoms with Crippen molar-refractivity contribution in [2.75, 3.05) is 0 Å². The number of carboxylic acid groups (broad SMARTS) is 1. The van der Waals surface area contributed by atoms with Crippen LogP contribution in [0, 0.1) is 12.7 Å². The fraction of sp³-hybridized carbons (Fsp3) is 0.364. The molecule has 1 N–H and O–H groups in total. The number of carboxylic acids is 1. The Morgan fingerprint density at radius 1 is 1.60 bits per heavy atom. The van der Waals surface area contributed by atoms with Crippen LogP contribution in [0.2, 0.25) is 5.02 Å². The molecular formula is C11H12ClFO2. The summed E-state index contributed by atoms with van der Waals surface area (Å²) in [6, 6.07) is 2.97. The molecule has 0 aliphatic carbocycles. The van der Waals surface area contributed by atoms with Crippen molar-refractivity contribution in [1.29, 1.82) is 0 Å². The van der Waals surface area contributed by atoms with Crippen LogP contribution < -0.4 is 0 Å².